The van der Waals surface area contributed by atoms with E-state index in [1.807, 2.05) is 84.9 Å². The number of benzene rings is 3. The zero-order chi connectivity index (χ0) is 25.6. The van der Waals surface area contributed by atoms with Gasteiger partial charge in [-0.05, 0) is 48.0 Å². The molecule has 2 heterocycles. The van der Waals surface area contributed by atoms with Gasteiger partial charge in [0.1, 0.15) is 11.8 Å². The molecular weight excluding hydrogens is 464 g/mol. The Morgan fingerprint density at radius 3 is 2.19 bits per heavy atom. The van der Waals surface area contributed by atoms with Crippen LogP contribution in [0.2, 0.25) is 0 Å². The molecule has 0 saturated carbocycles. The van der Waals surface area contributed by atoms with Gasteiger partial charge in [-0.1, -0.05) is 48.5 Å². The molecule has 7 nitrogen and oxygen atoms in total. The Morgan fingerprint density at radius 2 is 1.51 bits per heavy atom. The third-order valence-electron chi connectivity index (χ3n) is 6.74. The topological polar surface area (TPSA) is 77.8 Å². The lowest BCUT2D eigenvalue weighted by molar-refractivity contribution is -0.126. The van der Waals surface area contributed by atoms with Crippen molar-refractivity contribution >= 4 is 23.2 Å². The van der Waals surface area contributed by atoms with Crippen LogP contribution in [0.25, 0.3) is 11.3 Å². The Balaban J connectivity index is 1.22. The summed E-state index contributed by atoms with van der Waals surface area (Å²) in [6.07, 6.45) is 1.60. The zero-order valence-corrected chi connectivity index (χ0v) is 20.8. The predicted molar refractivity (Wildman–Crippen MR) is 146 cm³/mol. The van der Waals surface area contributed by atoms with Crippen molar-refractivity contribution in [1.29, 1.82) is 0 Å². The van der Waals surface area contributed by atoms with Crippen LogP contribution in [0.3, 0.4) is 0 Å². The van der Waals surface area contributed by atoms with Crippen molar-refractivity contribution in [3.05, 3.63) is 108 Å². The molecule has 1 aromatic heterocycles. The highest BCUT2D eigenvalue weighted by molar-refractivity contribution is 6.08. The Labute approximate surface area is 216 Å². The maximum Gasteiger partial charge on any atom is 0.256 e. The number of anilines is 2. The number of amides is 2. The maximum atomic E-state index is 13.0. The maximum absolute atomic E-state index is 13.0. The Kier molecular flexibility index (Phi) is 7.33. The highest BCUT2D eigenvalue weighted by atomic mass is 16.3. The lowest BCUT2D eigenvalue weighted by Gasteiger charge is -2.39. The van der Waals surface area contributed by atoms with Gasteiger partial charge >= 0.3 is 0 Å². The molecule has 0 bridgehead atoms. The summed E-state index contributed by atoms with van der Waals surface area (Å²) in [5.41, 5.74) is 4.13. The number of hydrogen-bond acceptors (Lipinski definition) is 5. The van der Waals surface area contributed by atoms with E-state index in [2.05, 4.69) is 20.4 Å². The van der Waals surface area contributed by atoms with Gasteiger partial charge in [-0.2, -0.15) is 0 Å². The molecule has 2 amide bonds. The Bertz CT molecular complexity index is 1330. The fraction of sp³-hybridized carbons (Fsp3) is 0.200. The number of furan rings is 1. The van der Waals surface area contributed by atoms with Crippen LogP contribution in [-0.2, 0) is 4.79 Å². The average Bonchev–Trinajstić information content (AvgIpc) is 3.50. The van der Waals surface area contributed by atoms with E-state index in [0.717, 1.165) is 48.7 Å². The zero-order valence-electron chi connectivity index (χ0n) is 20.8. The summed E-state index contributed by atoms with van der Waals surface area (Å²) in [5.74, 6) is 0.481. The van der Waals surface area contributed by atoms with Gasteiger partial charge in [0.15, 0.2) is 0 Å². The summed E-state index contributed by atoms with van der Waals surface area (Å²) in [6.45, 7) is 3.16. The Morgan fingerprint density at radius 1 is 0.811 bits per heavy atom. The van der Waals surface area contributed by atoms with Gasteiger partial charge in [-0.25, -0.2) is 0 Å². The van der Waals surface area contributed by atoms with Gasteiger partial charge in [-0.15, -0.1) is 0 Å². The first-order chi connectivity index (χ1) is 18.1. The van der Waals surface area contributed by atoms with Crippen LogP contribution in [0.4, 0.5) is 11.4 Å². The van der Waals surface area contributed by atoms with Gasteiger partial charge in [0.05, 0.1) is 11.8 Å². The highest BCUT2D eigenvalue weighted by Gasteiger charge is 2.30. The van der Waals surface area contributed by atoms with E-state index in [-0.39, 0.29) is 17.9 Å². The standard InChI is InChI=1S/C30H30N4O3/c1-31-30(36)28(22-8-3-2-4-9-22)34-19-17-33(18-20-34)24-15-13-23(14-16-24)32-29(35)26-11-6-5-10-25(26)27-12-7-21-37-27/h2-16,21,28H,17-20H2,1H3,(H,31,36)(H,32,35). The molecule has 5 rings (SSSR count). The van der Waals surface area contributed by atoms with Crippen LogP contribution in [0.5, 0.6) is 0 Å². The molecule has 1 unspecified atom stereocenters. The molecule has 0 spiro atoms. The van der Waals surface area contributed by atoms with E-state index in [1.54, 1.807) is 19.4 Å². The van der Waals surface area contributed by atoms with Crippen LogP contribution in [0.1, 0.15) is 22.0 Å². The smallest absolute Gasteiger partial charge is 0.256 e. The van der Waals surface area contributed by atoms with Gasteiger partial charge < -0.3 is 20.0 Å². The second-order valence-corrected chi connectivity index (χ2v) is 8.97. The minimum atomic E-state index is -0.296. The highest BCUT2D eigenvalue weighted by Crippen LogP contribution is 2.27. The van der Waals surface area contributed by atoms with Crippen molar-refractivity contribution in [3.8, 4) is 11.3 Å². The molecule has 1 saturated heterocycles. The summed E-state index contributed by atoms with van der Waals surface area (Å²) in [4.78, 5) is 30.2. The van der Waals surface area contributed by atoms with Crippen LogP contribution >= 0.6 is 0 Å². The summed E-state index contributed by atoms with van der Waals surface area (Å²) in [6, 6.07) is 28.6. The molecule has 1 fully saturated rings. The van der Waals surface area contributed by atoms with Crippen molar-refractivity contribution < 1.29 is 14.0 Å². The SMILES string of the molecule is CNC(=O)C(c1ccccc1)N1CCN(c2ccc(NC(=O)c3ccccc3-c3ccco3)cc2)CC1. The minimum Gasteiger partial charge on any atom is -0.464 e. The van der Waals surface area contributed by atoms with Gasteiger partial charge in [0.2, 0.25) is 5.91 Å². The van der Waals surface area contributed by atoms with Crippen molar-refractivity contribution in [3.63, 3.8) is 0 Å². The predicted octanol–water partition coefficient (Wildman–Crippen LogP) is 4.81. The van der Waals surface area contributed by atoms with Gasteiger partial charge in [0.25, 0.3) is 5.91 Å². The number of carbonyl (C=O) groups excluding carboxylic acids is 2. The summed E-state index contributed by atoms with van der Waals surface area (Å²) >= 11 is 0. The van der Waals surface area contributed by atoms with E-state index in [4.69, 9.17) is 4.42 Å². The minimum absolute atomic E-state index is 0.00775. The van der Waals surface area contributed by atoms with Gasteiger partial charge in [0, 0.05) is 50.2 Å². The second kappa shape index (κ2) is 11.1. The first kappa shape index (κ1) is 24.3. The molecule has 7 heteroatoms. The first-order valence-electron chi connectivity index (χ1n) is 12.4. The van der Waals surface area contributed by atoms with E-state index >= 15 is 0 Å². The summed E-state index contributed by atoms with van der Waals surface area (Å²) in [5, 5.41) is 5.81. The second-order valence-electron chi connectivity index (χ2n) is 8.97. The van der Waals surface area contributed by atoms with Crippen molar-refractivity contribution in [2.45, 2.75) is 6.04 Å². The fourth-order valence-electron chi connectivity index (χ4n) is 4.82. The van der Waals surface area contributed by atoms with E-state index in [0.29, 0.717) is 11.3 Å². The number of nitrogens with zero attached hydrogens (tertiary/aromatic N) is 2. The monoisotopic (exact) mass is 494 g/mol. The number of piperazine rings is 1. The number of carbonyl (C=O) groups is 2. The molecular formula is C30H30N4O3. The lowest BCUT2D eigenvalue weighted by Crippen LogP contribution is -2.50. The molecule has 1 aliphatic heterocycles. The molecule has 1 aliphatic rings. The third kappa shape index (κ3) is 5.42. The Hall–Kier alpha value is -4.36. The van der Waals surface area contributed by atoms with Crippen molar-refractivity contribution in [2.75, 3.05) is 43.4 Å². The first-order valence-corrected chi connectivity index (χ1v) is 12.4. The van der Waals surface area contributed by atoms with Crippen LogP contribution in [0, 0.1) is 0 Å². The summed E-state index contributed by atoms with van der Waals surface area (Å²) in [7, 11) is 1.68. The number of hydrogen-bond donors (Lipinski definition) is 2. The fourth-order valence-corrected chi connectivity index (χ4v) is 4.82. The molecule has 1 atom stereocenters. The molecule has 3 aromatic carbocycles. The van der Waals surface area contributed by atoms with Gasteiger partial charge in [-0.3, -0.25) is 14.5 Å². The molecule has 37 heavy (non-hydrogen) atoms. The lowest BCUT2D eigenvalue weighted by atomic mass is 10.0. The van der Waals surface area contributed by atoms with E-state index < -0.39 is 0 Å². The third-order valence-corrected chi connectivity index (χ3v) is 6.74. The normalized spacial score (nSPS) is 14.7. The number of rotatable bonds is 7. The number of nitrogens with one attached hydrogen (secondary N) is 2. The van der Waals surface area contributed by atoms with E-state index in [9.17, 15) is 9.59 Å². The van der Waals surface area contributed by atoms with Crippen LogP contribution in [0.15, 0.2) is 102 Å². The van der Waals surface area contributed by atoms with Crippen molar-refractivity contribution in [2.24, 2.45) is 0 Å². The molecule has 0 radical (unpaired) electrons. The molecule has 0 aliphatic carbocycles. The molecule has 4 aromatic rings. The number of likely N-dealkylation sites (N-methyl/N-ethyl adjacent to an activating group) is 1. The van der Waals surface area contributed by atoms with E-state index in [1.165, 1.54) is 0 Å². The van der Waals surface area contributed by atoms with Crippen LogP contribution in [-0.4, -0.2) is 49.9 Å². The largest absolute Gasteiger partial charge is 0.464 e. The molecule has 188 valence electrons. The quantitative estimate of drug-likeness (QED) is 0.386. The van der Waals surface area contributed by atoms with Crippen LogP contribution < -0.4 is 15.5 Å². The summed E-state index contributed by atoms with van der Waals surface area (Å²) < 4.78 is 5.50. The average molecular weight is 495 g/mol. The van der Waals surface area contributed by atoms with Crippen molar-refractivity contribution in [1.82, 2.24) is 10.2 Å². The molecule has 2 N–H and O–H groups in total.